The SMILES string of the molecule is CCc1ccc(OCCCCn2c(CNC(=O)c3ccccc3)nc3ccccc32)cc1. The Morgan fingerprint density at radius 1 is 0.938 bits per heavy atom. The van der Waals surface area contributed by atoms with Gasteiger partial charge in [-0.15, -0.1) is 0 Å². The Labute approximate surface area is 189 Å². The van der Waals surface area contributed by atoms with Crippen LogP contribution in [-0.4, -0.2) is 22.1 Å². The molecule has 0 fully saturated rings. The van der Waals surface area contributed by atoms with Crippen molar-refractivity contribution in [3.05, 3.63) is 95.8 Å². The minimum absolute atomic E-state index is 0.0910. The van der Waals surface area contributed by atoms with Crippen LogP contribution in [0.2, 0.25) is 0 Å². The molecule has 4 rings (SSSR count). The Hall–Kier alpha value is -3.60. The van der Waals surface area contributed by atoms with Gasteiger partial charge in [-0.2, -0.15) is 0 Å². The zero-order valence-corrected chi connectivity index (χ0v) is 18.5. The number of amides is 1. The standard InChI is InChI=1S/C27H29N3O2/c1-2-21-14-16-23(17-15-21)32-19-9-8-18-30-25-13-7-6-12-24(25)29-26(30)20-28-27(31)22-10-4-3-5-11-22/h3-7,10-17H,2,8-9,18-20H2,1H3,(H,28,31). The van der Waals surface area contributed by atoms with Crippen molar-refractivity contribution in [3.8, 4) is 5.75 Å². The molecule has 32 heavy (non-hydrogen) atoms. The van der Waals surface area contributed by atoms with Crippen LogP contribution < -0.4 is 10.1 Å². The van der Waals surface area contributed by atoms with Gasteiger partial charge in [-0.05, 0) is 61.2 Å². The van der Waals surface area contributed by atoms with E-state index < -0.39 is 0 Å². The van der Waals surface area contributed by atoms with Gasteiger partial charge in [-0.1, -0.05) is 49.4 Å². The Morgan fingerprint density at radius 2 is 1.69 bits per heavy atom. The minimum atomic E-state index is -0.0910. The van der Waals surface area contributed by atoms with Crippen molar-refractivity contribution >= 4 is 16.9 Å². The normalized spacial score (nSPS) is 10.9. The Kier molecular flexibility index (Phi) is 7.18. The van der Waals surface area contributed by atoms with Crippen molar-refractivity contribution in [1.29, 1.82) is 0 Å². The van der Waals surface area contributed by atoms with E-state index in [2.05, 4.69) is 35.0 Å². The predicted molar refractivity (Wildman–Crippen MR) is 128 cm³/mol. The van der Waals surface area contributed by atoms with E-state index in [4.69, 9.17) is 9.72 Å². The number of imidazole rings is 1. The van der Waals surface area contributed by atoms with Crippen molar-refractivity contribution in [3.63, 3.8) is 0 Å². The third-order valence-electron chi connectivity index (χ3n) is 5.55. The molecule has 164 valence electrons. The monoisotopic (exact) mass is 427 g/mol. The fourth-order valence-corrected chi connectivity index (χ4v) is 3.74. The Morgan fingerprint density at radius 3 is 2.47 bits per heavy atom. The van der Waals surface area contributed by atoms with E-state index in [9.17, 15) is 4.79 Å². The van der Waals surface area contributed by atoms with Crippen LogP contribution in [0.5, 0.6) is 5.75 Å². The van der Waals surface area contributed by atoms with Gasteiger partial charge in [0.2, 0.25) is 0 Å². The molecule has 1 amide bonds. The number of carbonyl (C=O) groups is 1. The number of benzene rings is 3. The maximum absolute atomic E-state index is 12.5. The summed E-state index contributed by atoms with van der Waals surface area (Å²) in [6, 6.07) is 25.7. The van der Waals surface area contributed by atoms with Crippen LogP contribution in [0.3, 0.4) is 0 Å². The van der Waals surface area contributed by atoms with Crippen molar-refractivity contribution in [2.75, 3.05) is 6.61 Å². The second-order valence-electron chi connectivity index (χ2n) is 7.77. The van der Waals surface area contributed by atoms with Crippen LogP contribution in [0, 0.1) is 0 Å². The van der Waals surface area contributed by atoms with E-state index in [-0.39, 0.29) is 5.91 Å². The van der Waals surface area contributed by atoms with Gasteiger partial charge in [0.1, 0.15) is 11.6 Å². The van der Waals surface area contributed by atoms with E-state index in [0.29, 0.717) is 18.7 Å². The molecule has 0 atom stereocenters. The molecule has 5 heteroatoms. The molecule has 0 aliphatic carbocycles. The number of aryl methyl sites for hydroxylation is 2. The molecule has 0 saturated heterocycles. The first-order valence-corrected chi connectivity index (χ1v) is 11.2. The summed E-state index contributed by atoms with van der Waals surface area (Å²) in [5.41, 5.74) is 4.01. The molecule has 3 aromatic carbocycles. The number of hydrogen-bond acceptors (Lipinski definition) is 3. The highest BCUT2D eigenvalue weighted by atomic mass is 16.5. The topological polar surface area (TPSA) is 56.1 Å². The highest BCUT2D eigenvalue weighted by Gasteiger charge is 2.12. The lowest BCUT2D eigenvalue weighted by molar-refractivity contribution is 0.0949. The summed E-state index contributed by atoms with van der Waals surface area (Å²) >= 11 is 0. The fourth-order valence-electron chi connectivity index (χ4n) is 3.74. The Balaban J connectivity index is 1.35. The Bertz CT molecular complexity index is 1150. The molecule has 0 unspecified atom stereocenters. The summed E-state index contributed by atoms with van der Waals surface area (Å²) in [7, 11) is 0. The van der Waals surface area contributed by atoms with Crippen LogP contribution >= 0.6 is 0 Å². The quantitative estimate of drug-likeness (QED) is 0.345. The molecule has 0 aliphatic heterocycles. The van der Waals surface area contributed by atoms with Crippen molar-refractivity contribution in [1.82, 2.24) is 14.9 Å². The number of fused-ring (bicyclic) bond motifs is 1. The third-order valence-corrected chi connectivity index (χ3v) is 5.55. The first kappa shape index (κ1) is 21.6. The lowest BCUT2D eigenvalue weighted by Crippen LogP contribution is -2.24. The largest absolute Gasteiger partial charge is 0.494 e. The molecule has 0 spiro atoms. The van der Waals surface area contributed by atoms with Crippen LogP contribution in [-0.2, 0) is 19.5 Å². The van der Waals surface area contributed by atoms with E-state index in [1.807, 2.05) is 60.7 Å². The van der Waals surface area contributed by atoms with E-state index in [1.54, 1.807) is 0 Å². The summed E-state index contributed by atoms with van der Waals surface area (Å²) in [5, 5.41) is 3.00. The zero-order valence-electron chi connectivity index (χ0n) is 18.5. The van der Waals surface area contributed by atoms with Gasteiger partial charge in [0.25, 0.3) is 5.91 Å². The molecule has 4 aromatic rings. The van der Waals surface area contributed by atoms with Crippen LogP contribution in [0.4, 0.5) is 0 Å². The van der Waals surface area contributed by atoms with Crippen LogP contribution in [0.15, 0.2) is 78.9 Å². The maximum Gasteiger partial charge on any atom is 0.251 e. The fraction of sp³-hybridized carbons (Fsp3) is 0.259. The molecule has 0 radical (unpaired) electrons. The summed E-state index contributed by atoms with van der Waals surface area (Å²) in [6.45, 7) is 4.05. The molecule has 1 N–H and O–H groups in total. The van der Waals surface area contributed by atoms with Gasteiger partial charge in [0, 0.05) is 12.1 Å². The first-order chi connectivity index (χ1) is 15.7. The minimum Gasteiger partial charge on any atom is -0.494 e. The smallest absolute Gasteiger partial charge is 0.251 e. The molecule has 0 aliphatic rings. The third kappa shape index (κ3) is 5.35. The van der Waals surface area contributed by atoms with Crippen LogP contribution in [0.25, 0.3) is 11.0 Å². The number of rotatable bonds is 10. The lowest BCUT2D eigenvalue weighted by atomic mass is 10.2. The summed E-state index contributed by atoms with van der Waals surface area (Å²) in [5.74, 6) is 1.69. The number of nitrogens with zero attached hydrogens (tertiary/aromatic N) is 2. The predicted octanol–water partition coefficient (Wildman–Crippen LogP) is 5.39. The van der Waals surface area contributed by atoms with Crippen LogP contribution in [0.1, 0.15) is 41.5 Å². The average molecular weight is 428 g/mol. The average Bonchev–Trinajstić information content (AvgIpc) is 3.20. The molecule has 1 aromatic heterocycles. The highest BCUT2D eigenvalue weighted by molar-refractivity contribution is 5.94. The number of aromatic nitrogens is 2. The summed E-state index contributed by atoms with van der Waals surface area (Å²) in [4.78, 5) is 17.2. The van der Waals surface area contributed by atoms with E-state index >= 15 is 0 Å². The second-order valence-corrected chi connectivity index (χ2v) is 7.77. The molecular weight excluding hydrogens is 398 g/mol. The molecule has 0 saturated carbocycles. The number of unbranched alkanes of at least 4 members (excludes halogenated alkanes) is 1. The van der Waals surface area contributed by atoms with Gasteiger partial charge in [-0.25, -0.2) is 4.98 Å². The molecular formula is C27H29N3O2. The zero-order chi connectivity index (χ0) is 22.2. The first-order valence-electron chi connectivity index (χ1n) is 11.2. The second kappa shape index (κ2) is 10.6. The van der Waals surface area contributed by atoms with Gasteiger partial charge in [-0.3, -0.25) is 4.79 Å². The van der Waals surface area contributed by atoms with Gasteiger partial charge < -0.3 is 14.6 Å². The van der Waals surface area contributed by atoms with E-state index in [1.165, 1.54) is 5.56 Å². The van der Waals surface area contributed by atoms with Gasteiger partial charge in [0.05, 0.1) is 24.2 Å². The highest BCUT2D eigenvalue weighted by Crippen LogP contribution is 2.18. The van der Waals surface area contributed by atoms with Crippen molar-refractivity contribution < 1.29 is 9.53 Å². The lowest BCUT2D eigenvalue weighted by Gasteiger charge is -2.11. The van der Waals surface area contributed by atoms with Gasteiger partial charge in [0.15, 0.2) is 0 Å². The maximum atomic E-state index is 12.5. The number of nitrogens with one attached hydrogen (secondary N) is 1. The van der Waals surface area contributed by atoms with Crippen molar-refractivity contribution in [2.45, 2.75) is 39.3 Å². The number of carbonyl (C=O) groups excluding carboxylic acids is 1. The molecule has 5 nitrogen and oxygen atoms in total. The summed E-state index contributed by atoms with van der Waals surface area (Å²) < 4.78 is 8.09. The number of para-hydroxylation sites is 2. The molecule has 0 bridgehead atoms. The number of ether oxygens (including phenoxy) is 1. The van der Waals surface area contributed by atoms with E-state index in [0.717, 1.165) is 48.4 Å². The molecule has 1 heterocycles. The summed E-state index contributed by atoms with van der Waals surface area (Å²) in [6.07, 6.45) is 2.94. The van der Waals surface area contributed by atoms with Gasteiger partial charge >= 0.3 is 0 Å². The number of hydrogen-bond donors (Lipinski definition) is 1. The van der Waals surface area contributed by atoms with Crippen molar-refractivity contribution in [2.24, 2.45) is 0 Å².